The van der Waals surface area contributed by atoms with Gasteiger partial charge in [0.2, 0.25) is 0 Å². The second-order valence-corrected chi connectivity index (χ2v) is 5.34. The quantitative estimate of drug-likeness (QED) is 0.576. The summed E-state index contributed by atoms with van der Waals surface area (Å²) in [7, 11) is 0. The molecule has 0 saturated carbocycles. The van der Waals surface area contributed by atoms with E-state index in [0.717, 1.165) is 19.6 Å². The normalized spacial score (nSPS) is 11.1. The number of nitrogens with one attached hydrogen (secondary N) is 1. The lowest BCUT2D eigenvalue weighted by Crippen LogP contribution is -2.17. The number of aromatic nitrogens is 2. The minimum atomic E-state index is 0.949. The molecule has 110 valence electrons. The van der Waals surface area contributed by atoms with E-state index >= 15 is 0 Å². The average molecular weight is 265 g/mol. The van der Waals surface area contributed by atoms with Gasteiger partial charge in [-0.25, -0.2) is 0 Å². The first-order valence-electron chi connectivity index (χ1n) is 8.09. The van der Waals surface area contributed by atoms with E-state index in [2.05, 4.69) is 35.0 Å². The Bertz CT molecular complexity index is 307. The van der Waals surface area contributed by atoms with Crippen molar-refractivity contribution in [2.75, 3.05) is 6.54 Å². The fourth-order valence-corrected chi connectivity index (χ4v) is 2.32. The maximum atomic E-state index is 4.42. The van der Waals surface area contributed by atoms with E-state index in [1.807, 2.05) is 6.20 Å². The molecule has 1 rings (SSSR count). The van der Waals surface area contributed by atoms with Crippen LogP contribution in [0.3, 0.4) is 0 Å². The number of aryl methyl sites for hydroxylation is 1. The molecule has 1 aromatic rings. The van der Waals surface area contributed by atoms with Crippen LogP contribution in [-0.2, 0) is 13.1 Å². The van der Waals surface area contributed by atoms with Gasteiger partial charge in [-0.1, -0.05) is 52.4 Å². The lowest BCUT2D eigenvalue weighted by Gasteiger charge is -2.08. The number of hydrogen-bond donors (Lipinski definition) is 1. The summed E-state index contributed by atoms with van der Waals surface area (Å²) in [6.07, 6.45) is 12.6. The molecule has 0 saturated heterocycles. The van der Waals surface area contributed by atoms with E-state index in [9.17, 15) is 0 Å². The Hall–Kier alpha value is -0.830. The Labute approximate surface area is 118 Å². The van der Waals surface area contributed by atoms with Crippen LogP contribution in [-0.4, -0.2) is 16.3 Å². The van der Waals surface area contributed by atoms with Crippen molar-refractivity contribution in [1.29, 1.82) is 0 Å². The van der Waals surface area contributed by atoms with Crippen LogP contribution < -0.4 is 5.32 Å². The zero-order chi connectivity index (χ0) is 13.8. The molecule has 3 heteroatoms. The molecule has 0 aliphatic heterocycles. The minimum Gasteiger partial charge on any atom is -0.311 e. The molecule has 0 amide bonds. The summed E-state index contributed by atoms with van der Waals surface area (Å²) in [5.74, 6) is 0. The molecular formula is C16H31N3. The Kier molecular flexibility index (Phi) is 9.42. The molecule has 1 heterocycles. The summed E-state index contributed by atoms with van der Waals surface area (Å²) < 4.78 is 2.16. The molecule has 0 aliphatic carbocycles. The predicted octanol–water partition coefficient (Wildman–Crippen LogP) is 4.13. The molecule has 0 atom stereocenters. The Morgan fingerprint density at radius 1 is 1.00 bits per heavy atom. The SMILES string of the molecule is CCCCCCCCCn1nccc1CNCCC. The largest absolute Gasteiger partial charge is 0.311 e. The van der Waals surface area contributed by atoms with Gasteiger partial charge in [0.1, 0.15) is 0 Å². The van der Waals surface area contributed by atoms with Crippen LogP contribution >= 0.6 is 0 Å². The second-order valence-electron chi connectivity index (χ2n) is 5.34. The number of nitrogens with zero attached hydrogens (tertiary/aromatic N) is 2. The van der Waals surface area contributed by atoms with E-state index in [1.165, 1.54) is 57.1 Å². The first-order chi connectivity index (χ1) is 9.38. The zero-order valence-electron chi connectivity index (χ0n) is 12.8. The highest BCUT2D eigenvalue weighted by molar-refractivity contribution is 4.99. The maximum absolute atomic E-state index is 4.42. The summed E-state index contributed by atoms with van der Waals surface area (Å²) in [6, 6.07) is 2.13. The van der Waals surface area contributed by atoms with Crippen molar-refractivity contribution in [2.24, 2.45) is 0 Å². The van der Waals surface area contributed by atoms with E-state index in [-0.39, 0.29) is 0 Å². The van der Waals surface area contributed by atoms with E-state index < -0.39 is 0 Å². The zero-order valence-corrected chi connectivity index (χ0v) is 12.8. The van der Waals surface area contributed by atoms with Gasteiger partial charge in [0, 0.05) is 19.3 Å². The highest BCUT2D eigenvalue weighted by Gasteiger charge is 2.01. The number of unbranched alkanes of at least 4 members (excludes halogenated alkanes) is 6. The Morgan fingerprint density at radius 3 is 2.47 bits per heavy atom. The molecule has 19 heavy (non-hydrogen) atoms. The summed E-state index contributed by atoms with van der Waals surface area (Å²) in [4.78, 5) is 0. The van der Waals surface area contributed by atoms with Crippen molar-refractivity contribution in [1.82, 2.24) is 15.1 Å². The van der Waals surface area contributed by atoms with Gasteiger partial charge in [-0.05, 0) is 25.5 Å². The van der Waals surface area contributed by atoms with Crippen LogP contribution in [0.4, 0.5) is 0 Å². The van der Waals surface area contributed by atoms with Gasteiger partial charge in [-0.2, -0.15) is 5.10 Å². The first-order valence-corrected chi connectivity index (χ1v) is 8.09. The number of hydrogen-bond acceptors (Lipinski definition) is 2. The van der Waals surface area contributed by atoms with Gasteiger partial charge in [0.05, 0.1) is 5.69 Å². The maximum Gasteiger partial charge on any atom is 0.0522 e. The van der Waals surface area contributed by atoms with E-state index in [0.29, 0.717) is 0 Å². The van der Waals surface area contributed by atoms with E-state index in [1.54, 1.807) is 0 Å². The van der Waals surface area contributed by atoms with Crippen LogP contribution in [0.5, 0.6) is 0 Å². The highest BCUT2D eigenvalue weighted by atomic mass is 15.3. The molecule has 0 radical (unpaired) electrons. The van der Waals surface area contributed by atoms with Crippen molar-refractivity contribution in [3.63, 3.8) is 0 Å². The van der Waals surface area contributed by atoms with E-state index in [4.69, 9.17) is 0 Å². The van der Waals surface area contributed by atoms with Gasteiger partial charge in [-0.15, -0.1) is 0 Å². The van der Waals surface area contributed by atoms with Gasteiger partial charge in [0.15, 0.2) is 0 Å². The van der Waals surface area contributed by atoms with Crippen molar-refractivity contribution in [3.8, 4) is 0 Å². The minimum absolute atomic E-state index is 0.949. The summed E-state index contributed by atoms with van der Waals surface area (Å²) in [5.41, 5.74) is 1.32. The third-order valence-electron chi connectivity index (χ3n) is 3.51. The average Bonchev–Trinajstić information content (AvgIpc) is 2.86. The lowest BCUT2D eigenvalue weighted by atomic mass is 10.1. The monoisotopic (exact) mass is 265 g/mol. The third kappa shape index (κ3) is 7.36. The number of rotatable bonds is 12. The van der Waals surface area contributed by atoms with Crippen molar-refractivity contribution in [3.05, 3.63) is 18.0 Å². The molecule has 0 aromatic carbocycles. The topological polar surface area (TPSA) is 29.9 Å². The van der Waals surface area contributed by atoms with Gasteiger partial charge < -0.3 is 5.32 Å². The van der Waals surface area contributed by atoms with Crippen LogP contribution in [0.2, 0.25) is 0 Å². The Morgan fingerprint density at radius 2 is 1.74 bits per heavy atom. The van der Waals surface area contributed by atoms with Crippen LogP contribution in [0.1, 0.15) is 70.9 Å². The standard InChI is InChI=1S/C16H31N3/c1-3-5-6-7-8-9-10-14-19-16(11-13-18-19)15-17-12-4-2/h11,13,17H,3-10,12,14-15H2,1-2H3. The fourth-order valence-electron chi connectivity index (χ4n) is 2.32. The molecule has 1 aromatic heterocycles. The highest BCUT2D eigenvalue weighted by Crippen LogP contribution is 2.08. The molecule has 1 N–H and O–H groups in total. The Balaban J connectivity index is 2.10. The van der Waals surface area contributed by atoms with Crippen LogP contribution in [0.25, 0.3) is 0 Å². The molecule has 0 aliphatic rings. The summed E-state index contributed by atoms with van der Waals surface area (Å²) in [5, 5.41) is 7.86. The lowest BCUT2D eigenvalue weighted by molar-refractivity contribution is 0.501. The van der Waals surface area contributed by atoms with Crippen molar-refractivity contribution >= 4 is 0 Å². The molecule has 0 spiro atoms. The third-order valence-corrected chi connectivity index (χ3v) is 3.51. The second kappa shape index (κ2) is 11.0. The van der Waals surface area contributed by atoms with Gasteiger partial charge in [0.25, 0.3) is 0 Å². The van der Waals surface area contributed by atoms with Crippen molar-refractivity contribution in [2.45, 2.75) is 78.3 Å². The van der Waals surface area contributed by atoms with Crippen LogP contribution in [0, 0.1) is 0 Å². The molecule has 0 unspecified atom stereocenters. The molecule has 0 fully saturated rings. The summed E-state index contributed by atoms with van der Waals surface area (Å²) >= 11 is 0. The van der Waals surface area contributed by atoms with Gasteiger partial charge in [-0.3, -0.25) is 4.68 Å². The van der Waals surface area contributed by atoms with Crippen LogP contribution in [0.15, 0.2) is 12.3 Å². The molecular weight excluding hydrogens is 234 g/mol. The summed E-state index contributed by atoms with van der Waals surface area (Å²) in [6.45, 7) is 7.57. The predicted molar refractivity (Wildman–Crippen MR) is 82.2 cm³/mol. The van der Waals surface area contributed by atoms with Gasteiger partial charge >= 0.3 is 0 Å². The molecule has 3 nitrogen and oxygen atoms in total. The molecule has 0 bridgehead atoms. The first kappa shape index (κ1) is 16.2. The van der Waals surface area contributed by atoms with Crippen molar-refractivity contribution < 1.29 is 0 Å². The fraction of sp³-hybridized carbons (Fsp3) is 0.812. The smallest absolute Gasteiger partial charge is 0.0522 e.